The first kappa shape index (κ1) is 14.5. The van der Waals surface area contributed by atoms with Crippen LogP contribution in [0.2, 0.25) is 0 Å². The zero-order valence-electron chi connectivity index (χ0n) is 12.5. The first-order chi connectivity index (χ1) is 9.20. The largest absolute Gasteiger partial charge is 0.374 e. The SMILES string of the molecule is CCOC1(C(Cc2cnn(C)c2)NC)CCCCC1. The Morgan fingerprint density at radius 3 is 2.68 bits per heavy atom. The van der Waals surface area contributed by atoms with Gasteiger partial charge in [0.1, 0.15) is 0 Å². The zero-order chi connectivity index (χ0) is 13.7. The van der Waals surface area contributed by atoms with E-state index in [1.165, 1.54) is 37.7 Å². The Balaban J connectivity index is 2.12. The van der Waals surface area contributed by atoms with E-state index in [9.17, 15) is 0 Å². The van der Waals surface area contributed by atoms with Crippen LogP contribution in [0.25, 0.3) is 0 Å². The maximum absolute atomic E-state index is 6.21. The summed E-state index contributed by atoms with van der Waals surface area (Å²) in [4.78, 5) is 0. The van der Waals surface area contributed by atoms with E-state index in [2.05, 4.69) is 30.6 Å². The summed E-state index contributed by atoms with van der Waals surface area (Å²) in [6, 6.07) is 0.372. The third-order valence-electron chi connectivity index (χ3n) is 4.31. The highest BCUT2D eigenvalue weighted by Gasteiger charge is 2.39. The minimum Gasteiger partial charge on any atom is -0.374 e. The van der Waals surface area contributed by atoms with Crippen LogP contribution < -0.4 is 5.32 Å². The molecule has 0 amide bonds. The molecule has 2 rings (SSSR count). The minimum atomic E-state index is 0.0115. The van der Waals surface area contributed by atoms with Crippen molar-refractivity contribution >= 4 is 0 Å². The van der Waals surface area contributed by atoms with Gasteiger partial charge in [-0.25, -0.2) is 0 Å². The highest BCUT2D eigenvalue weighted by molar-refractivity contribution is 5.10. The molecule has 0 spiro atoms. The van der Waals surface area contributed by atoms with Crippen LogP contribution in [0, 0.1) is 0 Å². The van der Waals surface area contributed by atoms with Crippen LogP contribution in [-0.2, 0) is 18.2 Å². The van der Waals surface area contributed by atoms with E-state index in [1.54, 1.807) is 0 Å². The molecule has 0 radical (unpaired) electrons. The van der Waals surface area contributed by atoms with E-state index in [4.69, 9.17) is 4.74 Å². The van der Waals surface area contributed by atoms with Crippen LogP contribution in [0.1, 0.15) is 44.6 Å². The van der Waals surface area contributed by atoms with E-state index in [1.807, 2.05) is 17.9 Å². The molecule has 1 aromatic rings. The fourth-order valence-electron chi connectivity index (χ4n) is 3.40. The van der Waals surface area contributed by atoms with E-state index < -0.39 is 0 Å². The van der Waals surface area contributed by atoms with Crippen molar-refractivity contribution in [3.05, 3.63) is 18.0 Å². The molecule has 1 heterocycles. The molecule has 0 bridgehead atoms. The number of hydrogen-bond acceptors (Lipinski definition) is 3. The zero-order valence-corrected chi connectivity index (χ0v) is 12.5. The first-order valence-electron chi connectivity index (χ1n) is 7.49. The fraction of sp³-hybridized carbons (Fsp3) is 0.800. The Bertz CT molecular complexity index is 377. The second-order valence-electron chi connectivity index (χ2n) is 5.63. The minimum absolute atomic E-state index is 0.0115. The molecule has 4 nitrogen and oxygen atoms in total. The van der Waals surface area contributed by atoms with Gasteiger partial charge >= 0.3 is 0 Å². The van der Waals surface area contributed by atoms with Gasteiger partial charge in [-0.2, -0.15) is 5.10 Å². The standard InChI is InChI=1S/C15H27N3O/c1-4-19-15(8-6-5-7-9-15)14(16-2)10-13-11-17-18(3)12-13/h11-12,14,16H,4-10H2,1-3H3. The maximum Gasteiger partial charge on any atom is 0.0837 e. The quantitative estimate of drug-likeness (QED) is 0.858. The van der Waals surface area contributed by atoms with Crippen molar-refractivity contribution < 1.29 is 4.74 Å². The predicted octanol–water partition coefficient (Wildman–Crippen LogP) is 2.29. The van der Waals surface area contributed by atoms with Gasteiger partial charge in [0.15, 0.2) is 0 Å². The first-order valence-corrected chi connectivity index (χ1v) is 7.49. The lowest BCUT2D eigenvalue weighted by Gasteiger charge is -2.43. The molecule has 0 aromatic carbocycles. The fourth-order valence-corrected chi connectivity index (χ4v) is 3.40. The van der Waals surface area contributed by atoms with Crippen LogP contribution in [0.4, 0.5) is 0 Å². The molecule has 1 fully saturated rings. The number of ether oxygens (including phenoxy) is 1. The third-order valence-corrected chi connectivity index (χ3v) is 4.31. The lowest BCUT2D eigenvalue weighted by atomic mass is 9.77. The summed E-state index contributed by atoms with van der Waals surface area (Å²) >= 11 is 0. The van der Waals surface area contributed by atoms with E-state index in [-0.39, 0.29) is 5.60 Å². The second kappa shape index (κ2) is 6.53. The third kappa shape index (κ3) is 3.37. The van der Waals surface area contributed by atoms with Gasteiger partial charge in [0.05, 0.1) is 11.8 Å². The summed E-state index contributed by atoms with van der Waals surface area (Å²) < 4.78 is 8.08. The van der Waals surface area contributed by atoms with E-state index in [0.717, 1.165) is 13.0 Å². The highest BCUT2D eigenvalue weighted by Crippen LogP contribution is 2.35. The predicted molar refractivity (Wildman–Crippen MR) is 77.2 cm³/mol. The van der Waals surface area contributed by atoms with Crippen molar-refractivity contribution in [3.8, 4) is 0 Å². The number of hydrogen-bond donors (Lipinski definition) is 1. The number of nitrogens with one attached hydrogen (secondary N) is 1. The van der Waals surface area contributed by atoms with Crippen molar-refractivity contribution in [2.75, 3.05) is 13.7 Å². The van der Waals surface area contributed by atoms with Crippen LogP contribution in [0.15, 0.2) is 12.4 Å². The van der Waals surface area contributed by atoms with Crippen molar-refractivity contribution in [1.82, 2.24) is 15.1 Å². The Labute approximate surface area is 116 Å². The number of aryl methyl sites for hydroxylation is 1. The molecule has 108 valence electrons. The van der Waals surface area contributed by atoms with Gasteiger partial charge in [-0.1, -0.05) is 19.3 Å². The molecule has 0 aliphatic heterocycles. The van der Waals surface area contributed by atoms with Crippen LogP contribution >= 0.6 is 0 Å². The average Bonchev–Trinajstić information content (AvgIpc) is 2.83. The maximum atomic E-state index is 6.21. The van der Waals surface area contributed by atoms with Crippen molar-refractivity contribution in [1.29, 1.82) is 0 Å². The number of aromatic nitrogens is 2. The smallest absolute Gasteiger partial charge is 0.0837 e. The van der Waals surface area contributed by atoms with E-state index in [0.29, 0.717) is 6.04 Å². The molecule has 19 heavy (non-hydrogen) atoms. The lowest BCUT2D eigenvalue weighted by Crippen LogP contribution is -2.53. The molecule has 1 unspecified atom stereocenters. The van der Waals surface area contributed by atoms with Gasteiger partial charge in [-0.05, 0) is 38.8 Å². The lowest BCUT2D eigenvalue weighted by molar-refractivity contribution is -0.0883. The molecule has 1 aromatic heterocycles. The van der Waals surface area contributed by atoms with Crippen LogP contribution in [0.5, 0.6) is 0 Å². The van der Waals surface area contributed by atoms with Gasteiger partial charge in [-0.15, -0.1) is 0 Å². The summed E-state index contributed by atoms with van der Waals surface area (Å²) in [6.07, 6.45) is 11.3. The summed E-state index contributed by atoms with van der Waals surface area (Å²) in [5.74, 6) is 0. The van der Waals surface area contributed by atoms with Gasteiger partial charge < -0.3 is 10.1 Å². The summed E-state index contributed by atoms with van der Waals surface area (Å²) in [5, 5.41) is 7.76. The summed E-state index contributed by atoms with van der Waals surface area (Å²) in [6.45, 7) is 2.90. The second-order valence-corrected chi connectivity index (χ2v) is 5.63. The number of likely N-dealkylation sites (N-methyl/N-ethyl adjacent to an activating group) is 1. The summed E-state index contributed by atoms with van der Waals surface area (Å²) in [5.41, 5.74) is 1.30. The summed E-state index contributed by atoms with van der Waals surface area (Å²) in [7, 11) is 4.02. The number of rotatable bonds is 6. The van der Waals surface area contributed by atoms with Crippen molar-refractivity contribution in [3.63, 3.8) is 0 Å². The normalized spacial score (nSPS) is 20.4. The van der Waals surface area contributed by atoms with E-state index >= 15 is 0 Å². The van der Waals surface area contributed by atoms with Crippen molar-refractivity contribution in [2.24, 2.45) is 7.05 Å². The number of nitrogens with zero attached hydrogens (tertiary/aromatic N) is 2. The van der Waals surface area contributed by atoms with Gasteiger partial charge in [0, 0.05) is 25.9 Å². The van der Waals surface area contributed by atoms with Crippen LogP contribution in [0.3, 0.4) is 0 Å². The monoisotopic (exact) mass is 265 g/mol. The Kier molecular flexibility index (Phi) is 4.99. The molecule has 1 N–H and O–H groups in total. The van der Waals surface area contributed by atoms with Crippen molar-refractivity contribution in [2.45, 2.75) is 57.1 Å². The molecule has 1 saturated carbocycles. The van der Waals surface area contributed by atoms with Gasteiger partial charge in [0.25, 0.3) is 0 Å². The molecule has 1 atom stereocenters. The Morgan fingerprint density at radius 1 is 1.42 bits per heavy atom. The van der Waals surface area contributed by atoms with Crippen LogP contribution in [-0.4, -0.2) is 35.1 Å². The molecule has 0 saturated heterocycles. The molecular weight excluding hydrogens is 238 g/mol. The topological polar surface area (TPSA) is 39.1 Å². The molecular formula is C15H27N3O. The van der Waals surface area contributed by atoms with Gasteiger partial charge in [-0.3, -0.25) is 4.68 Å². The highest BCUT2D eigenvalue weighted by atomic mass is 16.5. The molecule has 1 aliphatic rings. The van der Waals surface area contributed by atoms with Gasteiger partial charge in [0.2, 0.25) is 0 Å². The Hall–Kier alpha value is -0.870. The average molecular weight is 265 g/mol. The Morgan fingerprint density at radius 2 is 2.16 bits per heavy atom. The molecule has 4 heteroatoms. The molecule has 1 aliphatic carbocycles.